The summed E-state index contributed by atoms with van der Waals surface area (Å²) in [6.45, 7) is 12.2. The number of amides is 1. The van der Waals surface area contributed by atoms with Crippen molar-refractivity contribution in [2.75, 3.05) is 0 Å². The Bertz CT molecular complexity index is 295. The van der Waals surface area contributed by atoms with Crippen LogP contribution in [0.4, 0.5) is 0 Å². The number of hydrogen-bond acceptors (Lipinski definition) is 2. The van der Waals surface area contributed by atoms with Gasteiger partial charge in [-0.15, -0.1) is 0 Å². The summed E-state index contributed by atoms with van der Waals surface area (Å²) < 4.78 is 0.799. The van der Waals surface area contributed by atoms with Crippen LogP contribution in [0.3, 0.4) is 0 Å². The van der Waals surface area contributed by atoms with E-state index in [0.717, 1.165) is 4.73 Å². The van der Waals surface area contributed by atoms with Gasteiger partial charge in [-0.3, -0.25) is 0 Å². The van der Waals surface area contributed by atoms with Crippen LogP contribution < -0.4 is 0 Å². The summed E-state index contributed by atoms with van der Waals surface area (Å²) in [6.07, 6.45) is 0. The monoisotopic (exact) mass is 276 g/mol. The SMILES string of the molecule is CC(C)N=C1[Se]C(C)(C)C(=O)N1C(C)C. The molecule has 1 aliphatic rings. The van der Waals surface area contributed by atoms with Crippen molar-refractivity contribution in [3.63, 3.8) is 0 Å². The zero-order valence-corrected chi connectivity index (χ0v) is 12.1. The van der Waals surface area contributed by atoms with Crippen LogP contribution in [0.1, 0.15) is 41.5 Å². The van der Waals surface area contributed by atoms with Crippen molar-refractivity contribution in [3.05, 3.63) is 0 Å². The van der Waals surface area contributed by atoms with Crippen molar-refractivity contribution in [1.82, 2.24) is 4.90 Å². The van der Waals surface area contributed by atoms with Gasteiger partial charge in [-0.25, -0.2) is 0 Å². The van der Waals surface area contributed by atoms with Crippen LogP contribution in [0, 0.1) is 0 Å². The van der Waals surface area contributed by atoms with E-state index >= 15 is 0 Å². The average Bonchev–Trinajstić information content (AvgIpc) is 2.20. The van der Waals surface area contributed by atoms with Crippen molar-refractivity contribution >= 4 is 25.6 Å². The number of amidine groups is 1. The Balaban J connectivity index is 3.04. The van der Waals surface area contributed by atoms with Crippen molar-refractivity contribution in [1.29, 1.82) is 0 Å². The van der Waals surface area contributed by atoms with Gasteiger partial charge in [0, 0.05) is 0 Å². The van der Waals surface area contributed by atoms with Crippen LogP contribution in [0.2, 0.25) is 4.31 Å². The molecule has 1 aliphatic heterocycles. The molecule has 0 unspecified atom stereocenters. The van der Waals surface area contributed by atoms with E-state index in [4.69, 9.17) is 0 Å². The third-order valence-electron chi connectivity index (χ3n) is 2.17. The van der Waals surface area contributed by atoms with Gasteiger partial charge in [-0.1, -0.05) is 0 Å². The maximum absolute atomic E-state index is 12.1. The molecule has 0 atom stereocenters. The van der Waals surface area contributed by atoms with Gasteiger partial charge in [0.2, 0.25) is 0 Å². The third kappa shape index (κ3) is 2.61. The summed E-state index contributed by atoms with van der Waals surface area (Å²) >= 11 is 0.165. The molecule has 1 amide bonds. The Morgan fingerprint density at radius 1 is 1.27 bits per heavy atom. The van der Waals surface area contributed by atoms with Crippen molar-refractivity contribution < 1.29 is 4.79 Å². The first-order valence-electron chi connectivity index (χ1n) is 5.36. The zero-order valence-electron chi connectivity index (χ0n) is 10.4. The van der Waals surface area contributed by atoms with Gasteiger partial charge in [0.25, 0.3) is 0 Å². The second-order valence-electron chi connectivity index (χ2n) is 4.89. The van der Waals surface area contributed by atoms with Gasteiger partial charge in [0.05, 0.1) is 0 Å². The molecule has 1 heterocycles. The summed E-state index contributed by atoms with van der Waals surface area (Å²) in [4.78, 5) is 18.6. The van der Waals surface area contributed by atoms with Crippen molar-refractivity contribution in [2.45, 2.75) is 57.9 Å². The number of carbonyl (C=O) groups excluding carboxylic acids is 1. The first-order chi connectivity index (χ1) is 6.75. The van der Waals surface area contributed by atoms with Gasteiger partial charge < -0.3 is 0 Å². The van der Waals surface area contributed by atoms with Crippen LogP contribution in [-0.4, -0.2) is 42.6 Å². The fourth-order valence-corrected chi connectivity index (χ4v) is 4.19. The Labute approximate surface area is 98.5 Å². The Hall–Kier alpha value is -0.341. The average molecular weight is 275 g/mol. The zero-order chi connectivity index (χ0) is 11.8. The Morgan fingerprint density at radius 3 is 2.20 bits per heavy atom. The molecule has 1 saturated heterocycles. The number of aliphatic imine (C=N–C) groups is 1. The molecule has 0 aromatic heterocycles. The molecule has 1 rings (SSSR count). The van der Waals surface area contributed by atoms with Crippen LogP contribution >= 0.6 is 0 Å². The van der Waals surface area contributed by atoms with Gasteiger partial charge in [0.1, 0.15) is 0 Å². The topological polar surface area (TPSA) is 32.7 Å². The molecule has 0 N–H and O–H groups in total. The van der Waals surface area contributed by atoms with Crippen molar-refractivity contribution in [2.24, 2.45) is 4.99 Å². The van der Waals surface area contributed by atoms with E-state index in [9.17, 15) is 4.79 Å². The van der Waals surface area contributed by atoms with E-state index < -0.39 is 0 Å². The normalized spacial score (nSPS) is 23.6. The van der Waals surface area contributed by atoms with E-state index in [1.807, 2.05) is 32.6 Å². The van der Waals surface area contributed by atoms with E-state index in [2.05, 4.69) is 18.8 Å². The molecular formula is C11H20N2OSe. The molecule has 1 fully saturated rings. The van der Waals surface area contributed by atoms with Gasteiger partial charge in [-0.2, -0.15) is 0 Å². The third-order valence-corrected chi connectivity index (χ3v) is 4.63. The quantitative estimate of drug-likeness (QED) is 0.708. The Kier molecular flexibility index (Phi) is 3.62. The molecule has 15 heavy (non-hydrogen) atoms. The van der Waals surface area contributed by atoms with Gasteiger partial charge in [0.15, 0.2) is 0 Å². The first-order valence-corrected chi connectivity index (χ1v) is 7.07. The van der Waals surface area contributed by atoms with Crippen LogP contribution in [0.5, 0.6) is 0 Å². The summed E-state index contributed by atoms with van der Waals surface area (Å²) in [5.41, 5.74) is 0. The first kappa shape index (κ1) is 12.7. The predicted molar refractivity (Wildman–Crippen MR) is 64.3 cm³/mol. The number of nitrogens with zero attached hydrogens (tertiary/aromatic N) is 2. The summed E-state index contributed by atoms with van der Waals surface area (Å²) in [5, 5.41) is 0. The number of hydrogen-bond donors (Lipinski definition) is 0. The summed E-state index contributed by atoms with van der Waals surface area (Å²) in [5.74, 6) is 0.233. The molecule has 0 radical (unpaired) electrons. The Morgan fingerprint density at radius 2 is 1.80 bits per heavy atom. The molecule has 3 nitrogen and oxygen atoms in total. The molecule has 86 valence electrons. The van der Waals surface area contributed by atoms with Crippen molar-refractivity contribution in [3.8, 4) is 0 Å². The number of carbonyl (C=O) groups is 1. The molecule has 0 saturated carbocycles. The molecule has 0 aliphatic carbocycles. The molecular weight excluding hydrogens is 255 g/mol. The van der Waals surface area contributed by atoms with E-state index in [1.165, 1.54) is 0 Å². The second kappa shape index (κ2) is 4.26. The summed E-state index contributed by atoms with van der Waals surface area (Å²) in [6, 6.07) is 0.489. The van der Waals surface area contributed by atoms with E-state index in [0.29, 0.717) is 0 Å². The minimum absolute atomic E-state index is 0.165. The van der Waals surface area contributed by atoms with Gasteiger partial charge >= 0.3 is 98.2 Å². The fraction of sp³-hybridized carbons (Fsp3) is 0.818. The predicted octanol–water partition coefficient (Wildman–Crippen LogP) is 1.90. The molecule has 4 heteroatoms. The molecule has 0 spiro atoms. The van der Waals surface area contributed by atoms with Crippen LogP contribution in [0.15, 0.2) is 4.99 Å². The molecule has 0 aromatic rings. The number of rotatable bonds is 2. The van der Waals surface area contributed by atoms with Crippen LogP contribution in [-0.2, 0) is 4.79 Å². The molecule has 0 bridgehead atoms. The van der Waals surface area contributed by atoms with Crippen LogP contribution in [0.25, 0.3) is 0 Å². The van der Waals surface area contributed by atoms with E-state index in [-0.39, 0.29) is 37.3 Å². The van der Waals surface area contributed by atoms with E-state index in [1.54, 1.807) is 0 Å². The molecule has 0 aromatic carbocycles. The maximum atomic E-state index is 12.1. The fourth-order valence-electron chi connectivity index (χ4n) is 1.46. The standard InChI is InChI=1S/C11H20N2OSe/c1-7(2)12-10-13(8(3)4)9(14)11(5,6)15-10/h7-8H,1-6H3. The van der Waals surface area contributed by atoms with Gasteiger partial charge in [-0.05, 0) is 0 Å². The second-order valence-corrected chi connectivity index (χ2v) is 8.22. The minimum atomic E-state index is -0.217. The summed E-state index contributed by atoms with van der Waals surface area (Å²) in [7, 11) is 0.